The largest absolute Gasteiger partial charge is 0.379 e. The van der Waals surface area contributed by atoms with Gasteiger partial charge in [-0.15, -0.1) is 0 Å². The Morgan fingerprint density at radius 3 is 3.06 bits per heavy atom. The third-order valence-corrected chi connectivity index (χ3v) is 4.30. The van der Waals surface area contributed by atoms with Crippen molar-refractivity contribution in [2.24, 2.45) is 11.8 Å². The van der Waals surface area contributed by atoms with E-state index in [1.54, 1.807) is 0 Å². The first-order valence-corrected chi connectivity index (χ1v) is 6.46. The SMILES string of the molecule is O=C(NC1CCOC1)C1NCC2CCCC21. The molecule has 1 saturated carbocycles. The topological polar surface area (TPSA) is 50.4 Å². The molecule has 3 fully saturated rings. The van der Waals surface area contributed by atoms with Gasteiger partial charge in [0, 0.05) is 6.61 Å². The molecule has 2 heterocycles. The number of amides is 1. The minimum atomic E-state index is 0.0631. The van der Waals surface area contributed by atoms with E-state index in [1.165, 1.54) is 19.3 Å². The first-order chi connectivity index (χ1) is 7.84. The van der Waals surface area contributed by atoms with Crippen LogP contribution in [0.2, 0.25) is 0 Å². The van der Waals surface area contributed by atoms with Crippen LogP contribution in [0.4, 0.5) is 0 Å². The molecule has 0 spiro atoms. The lowest BCUT2D eigenvalue weighted by molar-refractivity contribution is -0.124. The van der Waals surface area contributed by atoms with Crippen LogP contribution in [0.1, 0.15) is 25.7 Å². The Kier molecular flexibility index (Phi) is 2.86. The van der Waals surface area contributed by atoms with E-state index in [0.29, 0.717) is 12.5 Å². The highest BCUT2D eigenvalue weighted by Gasteiger charge is 2.42. The number of fused-ring (bicyclic) bond motifs is 1. The zero-order valence-corrected chi connectivity index (χ0v) is 9.58. The fourth-order valence-electron chi connectivity index (χ4n) is 3.41. The number of ether oxygens (including phenoxy) is 1. The van der Waals surface area contributed by atoms with E-state index in [1.807, 2.05) is 0 Å². The fraction of sp³-hybridized carbons (Fsp3) is 0.917. The Morgan fingerprint density at radius 2 is 2.25 bits per heavy atom. The summed E-state index contributed by atoms with van der Waals surface area (Å²) in [5.74, 6) is 1.53. The van der Waals surface area contributed by atoms with Gasteiger partial charge >= 0.3 is 0 Å². The van der Waals surface area contributed by atoms with Gasteiger partial charge in [0.25, 0.3) is 0 Å². The number of carbonyl (C=O) groups is 1. The van der Waals surface area contributed by atoms with E-state index in [2.05, 4.69) is 10.6 Å². The second kappa shape index (κ2) is 4.34. The number of hydrogen-bond acceptors (Lipinski definition) is 3. The summed E-state index contributed by atoms with van der Waals surface area (Å²) < 4.78 is 5.27. The van der Waals surface area contributed by atoms with Crippen LogP contribution in [0, 0.1) is 11.8 Å². The third kappa shape index (κ3) is 1.84. The lowest BCUT2D eigenvalue weighted by Crippen LogP contribution is -2.47. The Balaban J connectivity index is 1.57. The fourth-order valence-corrected chi connectivity index (χ4v) is 3.41. The van der Waals surface area contributed by atoms with Crippen molar-refractivity contribution in [1.82, 2.24) is 10.6 Å². The summed E-state index contributed by atoms with van der Waals surface area (Å²) in [6.45, 7) is 2.51. The van der Waals surface area contributed by atoms with Crippen LogP contribution in [0.5, 0.6) is 0 Å². The van der Waals surface area contributed by atoms with Gasteiger partial charge < -0.3 is 15.4 Å². The standard InChI is InChI=1S/C12H20N2O2/c15-12(14-9-4-5-16-7-9)11-10-3-1-2-8(10)6-13-11/h8-11,13H,1-7H2,(H,14,15). The normalized spacial score (nSPS) is 42.2. The van der Waals surface area contributed by atoms with Crippen LogP contribution in [0.15, 0.2) is 0 Å². The number of carbonyl (C=O) groups excluding carboxylic acids is 1. The summed E-state index contributed by atoms with van der Waals surface area (Å²) in [6.07, 6.45) is 4.78. The molecule has 3 aliphatic rings. The van der Waals surface area contributed by atoms with E-state index < -0.39 is 0 Å². The maximum absolute atomic E-state index is 12.1. The van der Waals surface area contributed by atoms with Crippen molar-refractivity contribution in [3.63, 3.8) is 0 Å². The molecule has 16 heavy (non-hydrogen) atoms. The molecule has 4 heteroatoms. The summed E-state index contributed by atoms with van der Waals surface area (Å²) in [4.78, 5) is 12.1. The zero-order chi connectivity index (χ0) is 11.0. The first-order valence-electron chi connectivity index (χ1n) is 6.46. The highest BCUT2D eigenvalue weighted by atomic mass is 16.5. The van der Waals surface area contributed by atoms with E-state index in [-0.39, 0.29) is 18.0 Å². The molecule has 0 aromatic carbocycles. The number of hydrogen-bond donors (Lipinski definition) is 2. The summed E-state index contributed by atoms with van der Waals surface area (Å²) in [6, 6.07) is 0.308. The summed E-state index contributed by atoms with van der Waals surface area (Å²) in [5, 5.41) is 6.49. The van der Waals surface area contributed by atoms with Crippen LogP contribution in [0.3, 0.4) is 0 Å². The molecule has 90 valence electrons. The molecule has 0 aromatic heterocycles. The molecule has 3 rings (SSSR count). The maximum Gasteiger partial charge on any atom is 0.237 e. The Labute approximate surface area is 96.1 Å². The molecule has 4 nitrogen and oxygen atoms in total. The lowest BCUT2D eigenvalue weighted by atomic mass is 9.93. The van der Waals surface area contributed by atoms with Gasteiger partial charge in [-0.3, -0.25) is 4.79 Å². The van der Waals surface area contributed by atoms with Crippen LogP contribution in [-0.2, 0) is 9.53 Å². The summed E-state index contributed by atoms with van der Waals surface area (Å²) >= 11 is 0. The smallest absolute Gasteiger partial charge is 0.237 e. The molecule has 2 saturated heterocycles. The van der Waals surface area contributed by atoms with Crippen LogP contribution in [-0.4, -0.2) is 37.7 Å². The van der Waals surface area contributed by atoms with Gasteiger partial charge in [0.2, 0.25) is 5.91 Å². The predicted octanol–water partition coefficient (Wildman–Crippen LogP) is 0.280. The van der Waals surface area contributed by atoms with E-state index in [0.717, 1.165) is 25.5 Å². The minimum absolute atomic E-state index is 0.0631. The van der Waals surface area contributed by atoms with Gasteiger partial charge in [0.05, 0.1) is 18.7 Å². The number of rotatable bonds is 2. The van der Waals surface area contributed by atoms with Crippen LogP contribution < -0.4 is 10.6 Å². The lowest BCUT2D eigenvalue weighted by Gasteiger charge is -2.20. The summed E-state index contributed by atoms with van der Waals surface area (Å²) in [5.41, 5.74) is 0. The van der Waals surface area contributed by atoms with E-state index in [9.17, 15) is 4.79 Å². The van der Waals surface area contributed by atoms with Crippen molar-refractivity contribution < 1.29 is 9.53 Å². The Bertz CT molecular complexity index is 276. The zero-order valence-electron chi connectivity index (χ0n) is 9.58. The molecular formula is C12H20N2O2. The monoisotopic (exact) mass is 224 g/mol. The molecule has 4 atom stereocenters. The molecule has 1 amide bonds. The van der Waals surface area contributed by atoms with Crippen molar-refractivity contribution in [1.29, 1.82) is 0 Å². The van der Waals surface area contributed by atoms with E-state index >= 15 is 0 Å². The second-order valence-corrected chi connectivity index (χ2v) is 5.31. The minimum Gasteiger partial charge on any atom is -0.379 e. The average Bonchev–Trinajstić information content (AvgIpc) is 2.92. The molecule has 1 aliphatic carbocycles. The third-order valence-electron chi connectivity index (χ3n) is 4.30. The maximum atomic E-state index is 12.1. The van der Waals surface area contributed by atoms with Gasteiger partial charge in [0.1, 0.15) is 0 Å². The van der Waals surface area contributed by atoms with Gasteiger partial charge in [0.15, 0.2) is 0 Å². The van der Waals surface area contributed by atoms with Gasteiger partial charge in [-0.1, -0.05) is 6.42 Å². The van der Waals surface area contributed by atoms with Gasteiger partial charge in [-0.05, 0) is 37.6 Å². The average molecular weight is 224 g/mol. The molecule has 2 aliphatic heterocycles. The first kappa shape index (κ1) is 10.5. The molecule has 4 unspecified atom stereocenters. The Hall–Kier alpha value is -0.610. The predicted molar refractivity (Wildman–Crippen MR) is 60.0 cm³/mol. The van der Waals surface area contributed by atoms with Crippen molar-refractivity contribution in [3.05, 3.63) is 0 Å². The summed E-state index contributed by atoms with van der Waals surface area (Å²) in [7, 11) is 0. The highest BCUT2D eigenvalue weighted by molar-refractivity contribution is 5.82. The van der Waals surface area contributed by atoms with Crippen molar-refractivity contribution in [2.45, 2.75) is 37.8 Å². The van der Waals surface area contributed by atoms with Crippen molar-refractivity contribution in [3.8, 4) is 0 Å². The second-order valence-electron chi connectivity index (χ2n) is 5.31. The molecule has 0 bridgehead atoms. The molecule has 0 aromatic rings. The molecule has 0 radical (unpaired) electrons. The van der Waals surface area contributed by atoms with Crippen LogP contribution in [0.25, 0.3) is 0 Å². The van der Waals surface area contributed by atoms with Crippen LogP contribution >= 0.6 is 0 Å². The Morgan fingerprint density at radius 1 is 1.31 bits per heavy atom. The highest BCUT2D eigenvalue weighted by Crippen LogP contribution is 2.37. The van der Waals surface area contributed by atoms with Crippen molar-refractivity contribution >= 4 is 5.91 Å². The van der Waals surface area contributed by atoms with Crippen molar-refractivity contribution in [2.75, 3.05) is 19.8 Å². The number of nitrogens with one attached hydrogen (secondary N) is 2. The van der Waals surface area contributed by atoms with Gasteiger partial charge in [-0.2, -0.15) is 0 Å². The quantitative estimate of drug-likeness (QED) is 0.708. The van der Waals surface area contributed by atoms with Gasteiger partial charge in [-0.25, -0.2) is 0 Å². The molecular weight excluding hydrogens is 204 g/mol. The van der Waals surface area contributed by atoms with E-state index in [4.69, 9.17) is 4.74 Å². The molecule has 2 N–H and O–H groups in total.